The molecule has 1 amide bonds. The zero-order valence-corrected chi connectivity index (χ0v) is 23.4. The number of carbonyl (C=O) groups is 1. The molecule has 1 aromatic carbocycles. The molecule has 9 heteroatoms. The summed E-state index contributed by atoms with van der Waals surface area (Å²) in [6.45, 7) is 11.0. The van der Waals surface area contributed by atoms with E-state index in [9.17, 15) is 4.79 Å². The van der Waals surface area contributed by atoms with Crippen LogP contribution in [0.25, 0.3) is 0 Å². The number of hydrogen-bond donors (Lipinski definition) is 2. The topological polar surface area (TPSA) is 83.8 Å². The number of rotatable bonds is 7. The molecule has 0 aliphatic heterocycles. The molecule has 0 saturated carbocycles. The summed E-state index contributed by atoms with van der Waals surface area (Å²) in [6, 6.07) is 9.56. The van der Waals surface area contributed by atoms with Crippen LogP contribution in [0.3, 0.4) is 0 Å². The van der Waals surface area contributed by atoms with Gasteiger partial charge in [-0.05, 0) is 32.3 Å². The molecular weight excluding hydrogens is 531 g/mol. The fraction of sp³-hybridized carbons (Fsp3) is 0.542. The van der Waals surface area contributed by atoms with Crippen LogP contribution in [0.1, 0.15) is 63.4 Å². The molecule has 0 fully saturated rings. The third-order valence-electron chi connectivity index (χ3n) is 4.82. The molecule has 1 atom stereocenters. The number of carbonyl (C=O) groups excluding carboxylic acids is 1. The average molecular weight is 571 g/mol. The smallest absolute Gasteiger partial charge is 0.408 e. The van der Waals surface area contributed by atoms with Gasteiger partial charge in [0.1, 0.15) is 5.60 Å². The summed E-state index contributed by atoms with van der Waals surface area (Å²) in [7, 11) is 5.69. The van der Waals surface area contributed by atoms with E-state index in [4.69, 9.17) is 4.74 Å². The zero-order valence-electron chi connectivity index (χ0n) is 21.0. The fourth-order valence-corrected chi connectivity index (χ4v) is 3.46. The van der Waals surface area contributed by atoms with E-state index in [-0.39, 0.29) is 30.0 Å². The van der Waals surface area contributed by atoms with Crippen LogP contribution >= 0.6 is 24.0 Å². The Labute approximate surface area is 215 Å². The molecule has 33 heavy (non-hydrogen) atoms. The van der Waals surface area contributed by atoms with Crippen molar-refractivity contribution in [2.24, 2.45) is 12.0 Å². The number of ether oxygens (including phenoxy) is 1. The van der Waals surface area contributed by atoms with Gasteiger partial charge >= 0.3 is 6.09 Å². The van der Waals surface area contributed by atoms with E-state index in [0.29, 0.717) is 19.0 Å². The predicted molar refractivity (Wildman–Crippen MR) is 144 cm³/mol. The average Bonchev–Trinajstić information content (AvgIpc) is 3.07. The zero-order chi connectivity index (χ0) is 23.9. The van der Waals surface area contributed by atoms with Crippen molar-refractivity contribution >= 4 is 36.0 Å². The maximum atomic E-state index is 12.4. The first kappa shape index (κ1) is 28.7. The van der Waals surface area contributed by atoms with Gasteiger partial charge < -0.3 is 20.3 Å². The van der Waals surface area contributed by atoms with Gasteiger partial charge in [-0.15, -0.1) is 24.0 Å². The standard InChI is InChI=1S/C24H38N6O2.HI/c1-17(2)21-19(16-30(8)28-21)15-29(7)22(25-6)26-14-20(18-12-10-9-11-13-18)27-23(31)32-24(3,4)5;/h9-13,16-17,20H,14-15H2,1-8H3,(H,25,26)(H,27,31);1H. The number of nitrogens with one attached hydrogen (secondary N) is 2. The van der Waals surface area contributed by atoms with Crippen LogP contribution in [0, 0.1) is 0 Å². The van der Waals surface area contributed by atoms with Gasteiger partial charge in [-0.25, -0.2) is 4.79 Å². The Morgan fingerprint density at radius 2 is 1.88 bits per heavy atom. The number of aromatic nitrogens is 2. The molecule has 0 aliphatic rings. The Hall–Kier alpha value is -2.30. The highest BCUT2D eigenvalue weighted by Crippen LogP contribution is 2.19. The van der Waals surface area contributed by atoms with Crippen molar-refractivity contribution < 1.29 is 9.53 Å². The SMILES string of the molecule is CN=C(NCC(NC(=O)OC(C)(C)C)c1ccccc1)N(C)Cc1cn(C)nc1C(C)C.I. The van der Waals surface area contributed by atoms with E-state index >= 15 is 0 Å². The summed E-state index contributed by atoms with van der Waals surface area (Å²) < 4.78 is 7.31. The lowest BCUT2D eigenvalue weighted by Gasteiger charge is -2.27. The third-order valence-corrected chi connectivity index (χ3v) is 4.82. The molecule has 1 unspecified atom stereocenters. The summed E-state index contributed by atoms with van der Waals surface area (Å²) >= 11 is 0. The van der Waals surface area contributed by atoms with Crippen molar-refractivity contribution in [1.82, 2.24) is 25.3 Å². The molecule has 1 heterocycles. The molecule has 2 aromatic rings. The highest BCUT2D eigenvalue weighted by molar-refractivity contribution is 14.0. The van der Waals surface area contributed by atoms with Crippen LogP contribution in [0.5, 0.6) is 0 Å². The maximum absolute atomic E-state index is 12.4. The van der Waals surface area contributed by atoms with Crippen molar-refractivity contribution in [3.8, 4) is 0 Å². The molecule has 184 valence electrons. The summed E-state index contributed by atoms with van der Waals surface area (Å²) in [4.78, 5) is 18.9. The van der Waals surface area contributed by atoms with Crippen LogP contribution in [0.4, 0.5) is 4.79 Å². The van der Waals surface area contributed by atoms with E-state index in [1.807, 2.05) is 69.9 Å². The molecule has 0 spiro atoms. The second-order valence-electron chi connectivity index (χ2n) is 9.26. The van der Waals surface area contributed by atoms with E-state index in [2.05, 4.69) is 45.7 Å². The van der Waals surface area contributed by atoms with Gasteiger partial charge in [0.05, 0.1) is 11.7 Å². The number of nitrogens with zero attached hydrogens (tertiary/aromatic N) is 4. The third kappa shape index (κ3) is 9.23. The van der Waals surface area contributed by atoms with Crippen molar-refractivity contribution in [2.75, 3.05) is 20.6 Å². The number of amides is 1. The fourth-order valence-electron chi connectivity index (χ4n) is 3.46. The van der Waals surface area contributed by atoms with Crippen molar-refractivity contribution in [3.05, 3.63) is 53.3 Å². The summed E-state index contributed by atoms with van der Waals surface area (Å²) in [6.07, 6.45) is 1.60. The van der Waals surface area contributed by atoms with Crippen LogP contribution in [0.2, 0.25) is 0 Å². The van der Waals surface area contributed by atoms with Crippen molar-refractivity contribution in [3.63, 3.8) is 0 Å². The Bertz CT molecular complexity index is 905. The highest BCUT2D eigenvalue weighted by atomic mass is 127. The minimum Gasteiger partial charge on any atom is -0.444 e. The number of halogens is 1. The molecule has 8 nitrogen and oxygen atoms in total. The van der Waals surface area contributed by atoms with Crippen LogP contribution < -0.4 is 10.6 Å². The van der Waals surface area contributed by atoms with Crippen molar-refractivity contribution in [1.29, 1.82) is 0 Å². The first-order chi connectivity index (χ1) is 15.0. The second-order valence-corrected chi connectivity index (χ2v) is 9.26. The number of hydrogen-bond acceptors (Lipinski definition) is 4. The highest BCUT2D eigenvalue weighted by Gasteiger charge is 2.22. The molecule has 0 radical (unpaired) electrons. The largest absolute Gasteiger partial charge is 0.444 e. The lowest BCUT2D eigenvalue weighted by atomic mass is 10.1. The molecule has 2 rings (SSSR count). The van der Waals surface area contributed by atoms with E-state index in [1.54, 1.807) is 7.05 Å². The first-order valence-corrected chi connectivity index (χ1v) is 11.0. The van der Waals surface area contributed by atoms with E-state index < -0.39 is 11.7 Å². The maximum Gasteiger partial charge on any atom is 0.408 e. The summed E-state index contributed by atoms with van der Waals surface area (Å²) in [5.41, 5.74) is 2.67. The van der Waals surface area contributed by atoms with E-state index in [1.165, 1.54) is 5.56 Å². The van der Waals surface area contributed by atoms with Crippen LogP contribution in [-0.2, 0) is 18.3 Å². The number of aryl methyl sites for hydroxylation is 1. The second kappa shape index (κ2) is 12.8. The molecule has 0 bridgehead atoms. The number of guanidine groups is 1. The normalized spacial score (nSPS) is 12.7. The van der Waals surface area contributed by atoms with Crippen LogP contribution in [-0.4, -0.2) is 53.0 Å². The Morgan fingerprint density at radius 1 is 1.24 bits per heavy atom. The first-order valence-electron chi connectivity index (χ1n) is 11.0. The number of benzene rings is 1. The molecular formula is C24H39IN6O2. The Balaban J connectivity index is 0.00000544. The monoisotopic (exact) mass is 570 g/mol. The minimum atomic E-state index is -0.563. The van der Waals surface area contributed by atoms with Gasteiger partial charge in [-0.2, -0.15) is 5.10 Å². The quantitative estimate of drug-likeness (QED) is 0.292. The molecule has 0 aliphatic carbocycles. The predicted octanol–water partition coefficient (Wildman–Crippen LogP) is 4.43. The Kier molecular flexibility index (Phi) is 11.2. The van der Waals surface area contributed by atoms with E-state index in [0.717, 1.165) is 17.2 Å². The van der Waals surface area contributed by atoms with Crippen LogP contribution in [0.15, 0.2) is 41.5 Å². The molecule has 2 N–H and O–H groups in total. The minimum absolute atomic E-state index is 0. The molecule has 0 saturated heterocycles. The van der Waals surface area contributed by atoms with Crippen molar-refractivity contribution in [2.45, 2.75) is 58.7 Å². The number of aliphatic imine (C=N–C) groups is 1. The van der Waals surface area contributed by atoms with Gasteiger partial charge in [-0.1, -0.05) is 44.2 Å². The molecule has 1 aromatic heterocycles. The number of alkyl carbamates (subject to hydrolysis) is 1. The Morgan fingerprint density at radius 3 is 2.42 bits per heavy atom. The van der Waals surface area contributed by atoms with Gasteiger partial charge in [0.2, 0.25) is 0 Å². The lowest BCUT2D eigenvalue weighted by molar-refractivity contribution is 0.0504. The van der Waals surface area contributed by atoms with Gasteiger partial charge in [0, 0.05) is 46.0 Å². The summed E-state index contributed by atoms with van der Waals surface area (Å²) in [5, 5.41) is 11.0. The van der Waals surface area contributed by atoms with Gasteiger partial charge in [0.25, 0.3) is 0 Å². The summed E-state index contributed by atoms with van der Waals surface area (Å²) in [5.74, 6) is 1.07. The van der Waals surface area contributed by atoms with Gasteiger partial charge in [-0.3, -0.25) is 9.67 Å². The lowest BCUT2D eigenvalue weighted by Crippen LogP contribution is -2.44. The van der Waals surface area contributed by atoms with Gasteiger partial charge in [0.15, 0.2) is 5.96 Å².